The van der Waals surface area contributed by atoms with Gasteiger partial charge < -0.3 is 9.84 Å². The maximum atomic E-state index is 13.4. The molecule has 1 aromatic heterocycles. The Kier molecular flexibility index (Phi) is 5.63. The molecule has 8 heteroatoms. The van der Waals surface area contributed by atoms with Crippen LogP contribution in [0.5, 0.6) is 0 Å². The Balaban J connectivity index is 1.65. The first-order chi connectivity index (χ1) is 16.4. The molecule has 170 valence electrons. The number of carbonyl (C=O) groups excluding carboxylic acids is 1. The molecule has 34 heavy (non-hydrogen) atoms. The lowest BCUT2D eigenvalue weighted by atomic mass is 9.94. The SMILES string of the molecule is CC1=C(c2nc(-c3ccc(F)cc3)no2)C(c2cccc(Cl)c2)NC(=O)N1c1ccc(C)cc1. The standard InChI is InChI=1S/C26H20ClFN4O2/c1-15-6-12-21(13-7-15)32-16(2)22(23(29-26(32)33)18-4-3-5-19(27)14-18)25-30-24(31-34-25)17-8-10-20(28)11-9-17/h3-14,23H,1-2H3,(H,29,33). The van der Waals surface area contributed by atoms with Gasteiger partial charge in [-0.05, 0) is 67.9 Å². The Labute approximate surface area is 200 Å². The fraction of sp³-hybridized carbons (Fsp3) is 0.115. The van der Waals surface area contributed by atoms with Crippen molar-refractivity contribution in [2.75, 3.05) is 4.90 Å². The number of rotatable bonds is 4. The van der Waals surface area contributed by atoms with Gasteiger partial charge in [0.1, 0.15) is 5.82 Å². The van der Waals surface area contributed by atoms with E-state index >= 15 is 0 Å². The van der Waals surface area contributed by atoms with Crippen molar-refractivity contribution >= 4 is 28.9 Å². The van der Waals surface area contributed by atoms with Gasteiger partial charge in [-0.3, -0.25) is 4.90 Å². The lowest BCUT2D eigenvalue weighted by Gasteiger charge is -2.35. The van der Waals surface area contributed by atoms with E-state index in [2.05, 4.69) is 15.5 Å². The highest BCUT2D eigenvalue weighted by Crippen LogP contribution is 2.39. The van der Waals surface area contributed by atoms with Crippen LogP contribution < -0.4 is 10.2 Å². The van der Waals surface area contributed by atoms with Gasteiger partial charge in [-0.15, -0.1) is 0 Å². The molecule has 6 nitrogen and oxygen atoms in total. The largest absolute Gasteiger partial charge is 0.334 e. The molecule has 2 amide bonds. The number of nitrogens with one attached hydrogen (secondary N) is 1. The summed E-state index contributed by atoms with van der Waals surface area (Å²) in [6, 6.07) is 19.9. The van der Waals surface area contributed by atoms with Crippen LogP contribution in [0.2, 0.25) is 5.02 Å². The van der Waals surface area contributed by atoms with Crippen molar-refractivity contribution in [1.82, 2.24) is 15.5 Å². The van der Waals surface area contributed by atoms with E-state index in [9.17, 15) is 9.18 Å². The fourth-order valence-electron chi connectivity index (χ4n) is 4.01. The van der Waals surface area contributed by atoms with Crippen molar-refractivity contribution in [2.24, 2.45) is 0 Å². The second kappa shape index (κ2) is 8.76. The summed E-state index contributed by atoms with van der Waals surface area (Å²) >= 11 is 6.25. The summed E-state index contributed by atoms with van der Waals surface area (Å²) in [6.45, 7) is 3.83. The van der Waals surface area contributed by atoms with Crippen LogP contribution in [0.25, 0.3) is 17.0 Å². The number of carbonyl (C=O) groups is 1. The average Bonchev–Trinajstić information content (AvgIpc) is 3.30. The van der Waals surface area contributed by atoms with Gasteiger partial charge in [0.05, 0.1) is 17.3 Å². The van der Waals surface area contributed by atoms with Gasteiger partial charge in [0.2, 0.25) is 5.82 Å². The fourth-order valence-corrected chi connectivity index (χ4v) is 4.21. The molecule has 1 atom stereocenters. The number of nitrogens with zero attached hydrogens (tertiary/aromatic N) is 3. The van der Waals surface area contributed by atoms with Crippen molar-refractivity contribution in [2.45, 2.75) is 19.9 Å². The van der Waals surface area contributed by atoms with E-state index in [1.54, 1.807) is 29.2 Å². The Bertz CT molecular complexity index is 1400. The predicted octanol–water partition coefficient (Wildman–Crippen LogP) is 6.54. The number of aryl methyl sites for hydroxylation is 1. The highest BCUT2D eigenvalue weighted by Gasteiger charge is 2.36. The number of urea groups is 1. The van der Waals surface area contributed by atoms with Crippen LogP contribution in [0.15, 0.2) is 83.0 Å². The number of allylic oxidation sites excluding steroid dienone is 1. The van der Waals surface area contributed by atoms with Crippen LogP contribution in [0.3, 0.4) is 0 Å². The summed E-state index contributed by atoms with van der Waals surface area (Å²) < 4.78 is 19.0. The van der Waals surface area contributed by atoms with E-state index in [0.717, 1.165) is 11.1 Å². The molecule has 5 rings (SSSR count). The zero-order chi connectivity index (χ0) is 23.8. The Morgan fingerprint density at radius 2 is 1.76 bits per heavy atom. The summed E-state index contributed by atoms with van der Waals surface area (Å²) in [7, 11) is 0. The molecule has 0 aliphatic carbocycles. The summed E-state index contributed by atoms with van der Waals surface area (Å²) in [5.41, 5.74) is 4.47. The molecule has 0 radical (unpaired) electrons. The van der Waals surface area contributed by atoms with Crippen LogP contribution in [0, 0.1) is 12.7 Å². The number of aromatic nitrogens is 2. The van der Waals surface area contributed by atoms with Crippen molar-refractivity contribution in [1.29, 1.82) is 0 Å². The maximum Gasteiger partial charge on any atom is 0.326 e. The lowest BCUT2D eigenvalue weighted by molar-refractivity contribution is 0.244. The normalized spacial score (nSPS) is 16.1. The molecule has 0 spiro atoms. The Hall–Kier alpha value is -3.97. The van der Waals surface area contributed by atoms with Crippen LogP contribution in [0.1, 0.15) is 30.0 Å². The molecule has 2 heterocycles. The summed E-state index contributed by atoms with van der Waals surface area (Å²) in [5.74, 6) is 0.216. The summed E-state index contributed by atoms with van der Waals surface area (Å²) in [6.07, 6.45) is 0. The minimum absolute atomic E-state index is 0.249. The van der Waals surface area contributed by atoms with Crippen LogP contribution in [-0.2, 0) is 0 Å². The topological polar surface area (TPSA) is 71.3 Å². The Morgan fingerprint density at radius 1 is 1.03 bits per heavy atom. The van der Waals surface area contributed by atoms with Gasteiger partial charge in [0, 0.05) is 16.3 Å². The van der Waals surface area contributed by atoms with E-state index in [1.165, 1.54) is 12.1 Å². The average molecular weight is 475 g/mol. The van der Waals surface area contributed by atoms with E-state index in [-0.39, 0.29) is 17.7 Å². The minimum atomic E-state index is -0.561. The molecule has 1 aliphatic heterocycles. The monoisotopic (exact) mass is 474 g/mol. The molecule has 0 bridgehead atoms. The zero-order valence-electron chi connectivity index (χ0n) is 18.4. The number of anilines is 1. The van der Waals surface area contributed by atoms with E-state index in [0.29, 0.717) is 33.4 Å². The molecule has 3 aromatic carbocycles. The van der Waals surface area contributed by atoms with Gasteiger partial charge in [-0.2, -0.15) is 4.98 Å². The predicted molar refractivity (Wildman–Crippen MR) is 129 cm³/mol. The first kappa shape index (κ1) is 21.9. The first-order valence-corrected chi connectivity index (χ1v) is 11.0. The smallest absolute Gasteiger partial charge is 0.326 e. The third kappa shape index (κ3) is 4.06. The maximum absolute atomic E-state index is 13.4. The van der Waals surface area contributed by atoms with E-state index in [1.807, 2.05) is 50.2 Å². The minimum Gasteiger partial charge on any atom is -0.334 e. The van der Waals surface area contributed by atoms with Crippen LogP contribution in [-0.4, -0.2) is 16.2 Å². The lowest BCUT2D eigenvalue weighted by Crippen LogP contribution is -2.46. The second-order valence-corrected chi connectivity index (χ2v) is 8.47. The summed E-state index contributed by atoms with van der Waals surface area (Å²) in [4.78, 5) is 19.4. The van der Waals surface area contributed by atoms with Gasteiger partial charge in [-0.25, -0.2) is 9.18 Å². The Morgan fingerprint density at radius 3 is 2.47 bits per heavy atom. The van der Waals surface area contributed by atoms with Crippen LogP contribution >= 0.6 is 11.6 Å². The van der Waals surface area contributed by atoms with Gasteiger partial charge in [-0.1, -0.05) is 46.6 Å². The van der Waals surface area contributed by atoms with Crippen molar-refractivity contribution in [3.63, 3.8) is 0 Å². The molecule has 1 aliphatic rings. The first-order valence-electron chi connectivity index (χ1n) is 10.6. The molecule has 1 N–H and O–H groups in total. The number of amides is 2. The number of benzene rings is 3. The van der Waals surface area contributed by atoms with Gasteiger partial charge in [0.15, 0.2) is 0 Å². The second-order valence-electron chi connectivity index (χ2n) is 8.04. The molecule has 0 fully saturated rings. The third-order valence-corrected chi connectivity index (χ3v) is 5.95. The molecular formula is C26H20ClFN4O2. The molecule has 1 unspecified atom stereocenters. The molecule has 0 saturated carbocycles. The third-order valence-electron chi connectivity index (χ3n) is 5.72. The molecule has 0 saturated heterocycles. The number of hydrogen-bond donors (Lipinski definition) is 1. The van der Waals surface area contributed by atoms with Crippen molar-refractivity contribution < 1.29 is 13.7 Å². The number of hydrogen-bond acceptors (Lipinski definition) is 4. The van der Waals surface area contributed by atoms with E-state index < -0.39 is 6.04 Å². The highest BCUT2D eigenvalue weighted by molar-refractivity contribution is 6.30. The quantitative estimate of drug-likeness (QED) is 0.364. The van der Waals surface area contributed by atoms with Crippen LogP contribution in [0.4, 0.5) is 14.9 Å². The number of halogens is 2. The van der Waals surface area contributed by atoms with Crippen molar-refractivity contribution in [3.05, 3.63) is 106 Å². The molecular weight excluding hydrogens is 455 g/mol. The molecule has 4 aromatic rings. The van der Waals surface area contributed by atoms with Gasteiger partial charge >= 0.3 is 6.03 Å². The van der Waals surface area contributed by atoms with Crippen molar-refractivity contribution in [3.8, 4) is 11.4 Å². The highest BCUT2D eigenvalue weighted by atomic mass is 35.5. The summed E-state index contributed by atoms with van der Waals surface area (Å²) in [5, 5.41) is 7.70. The van der Waals surface area contributed by atoms with Gasteiger partial charge in [0.25, 0.3) is 5.89 Å². The zero-order valence-corrected chi connectivity index (χ0v) is 19.2. The van der Waals surface area contributed by atoms with E-state index in [4.69, 9.17) is 16.1 Å².